The van der Waals surface area contributed by atoms with E-state index in [9.17, 15) is 9.59 Å². The van der Waals surface area contributed by atoms with Crippen molar-refractivity contribution >= 4 is 23.0 Å². The minimum absolute atomic E-state index is 0.144. The van der Waals surface area contributed by atoms with Gasteiger partial charge in [-0.25, -0.2) is 14.2 Å². The molecule has 0 aliphatic heterocycles. The maximum absolute atomic E-state index is 12.7. The van der Waals surface area contributed by atoms with Crippen LogP contribution in [-0.4, -0.2) is 23.7 Å². The molecule has 0 bridgehead atoms. The fourth-order valence-corrected chi connectivity index (χ4v) is 2.70. The summed E-state index contributed by atoms with van der Waals surface area (Å²) in [6.07, 6.45) is -0.648. The van der Waals surface area contributed by atoms with Crippen LogP contribution in [0.2, 0.25) is 0 Å². The summed E-state index contributed by atoms with van der Waals surface area (Å²) in [4.78, 5) is 24.9. The normalized spacial score (nSPS) is 10.6. The fraction of sp³-hybridized carbons (Fsp3) is 0.158. The van der Waals surface area contributed by atoms with Crippen LogP contribution in [0.4, 0.5) is 4.79 Å². The molecular formula is C19H17NO4. The molecule has 0 aliphatic carbocycles. The first-order valence-corrected chi connectivity index (χ1v) is 7.50. The number of hydrogen-bond donors (Lipinski definition) is 0. The highest BCUT2D eigenvalue weighted by atomic mass is 16.6. The molecule has 0 fully saturated rings. The lowest BCUT2D eigenvalue weighted by molar-refractivity contribution is 0.0589. The zero-order valence-corrected chi connectivity index (χ0v) is 13.7. The molecule has 0 aliphatic rings. The van der Waals surface area contributed by atoms with E-state index in [1.165, 1.54) is 11.7 Å². The number of fused-ring (bicyclic) bond motifs is 1. The Morgan fingerprint density at radius 3 is 2.29 bits per heavy atom. The first-order valence-electron chi connectivity index (χ1n) is 7.50. The fourth-order valence-electron chi connectivity index (χ4n) is 2.70. The SMILES string of the molecule is COC(=O)c1cc2c(C)ccc(C)c2n1C(=O)Oc1ccccc1. The third-order valence-corrected chi connectivity index (χ3v) is 3.91. The predicted molar refractivity (Wildman–Crippen MR) is 90.6 cm³/mol. The number of aryl methyl sites for hydroxylation is 2. The highest BCUT2D eigenvalue weighted by Gasteiger charge is 2.24. The van der Waals surface area contributed by atoms with Crippen LogP contribution in [0.3, 0.4) is 0 Å². The summed E-state index contributed by atoms with van der Waals surface area (Å²) in [5, 5.41) is 0.820. The van der Waals surface area contributed by atoms with Gasteiger partial charge in [-0.15, -0.1) is 0 Å². The number of carbonyl (C=O) groups excluding carboxylic acids is 2. The molecule has 0 unspecified atom stereocenters. The molecule has 0 atom stereocenters. The number of nitrogens with zero attached hydrogens (tertiary/aromatic N) is 1. The van der Waals surface area contributed by atoms with Crippen molar-refractivity contribution in [1.82, 2.24) is 4.57 Å². The minimum atomic E-state index is -0.648. The lowest BCUT2D eigenvalue weighted by atomic mass is 10.1. The van der Waals surface area contributed by atoms with Gasteiger partial charge < -0.3 is 9.47 Å². The van der Waals surface area contributed by atoms with Crippen LogP contribution in [0.1, 0.15) is 21.6 Å². The van der Waals surface area contributed by atoms with Gasteiger partial charge in [-0.2, -0.15) is 0 Å². The summed E-state index contributed by atoms with van der Waals surface area (Å²) >= 11 is 0. The second kappa shape index (κ2) is 6.20. The Morgan fingerprint density at radius 2 is 1.62 bits per heavy atom. The van der Waals surface area contributed by atoms with Gasteiger partial charge in [0.15, 0.2) is 0 Å². The van der Waals surface area contributed by atoms with Crippen molar-refractivity contribution in [2.24, 2.45) is 0 Å². The van der Waals surface area contributed by atoms with E-state index in [1.807, 2.05) is 32.0 Å². The van der Waals surface area contributed by atoms with Crippen LogP contribution in [0.5, 0.6) is 5.75 Å². The van der Waals surface area contributed by atoms with E-state index < -0.39 is 12.1 Å². The van der Waals surface area contributed by atoms with Crippen molar-refractivity contribution < 1.29 is 19.1 Å². The van der Waals surface area contributed by atoms with Gasteiger partial charge in [-0.3, -0.25) is 0 Å². The summed E-state index contributed by atoms with van der Waals surface area (Å²) in [7, 11) is 1.28. The predicted octanol–water partition coefficient (Wildman–Crippen LogP) is 4.09. The summed E-state index contributed by atoms with van der Waals surface area (Å²) in [5.74, 6) is -0.180. The Labute approximate surface area is 139 Å². The van der Waals surface area contributed by atoms with Crippen LogP contribution in [0.15, 0.2) is 48.5 Å². The van der Waals surface area contributed by atoms with Crippen molar-refractivity contribution in [3.8, 4) is 5.75 Å². The van der Waals surface area contributed by atoms with Crippen molar-refractivity contribution in [1.29, 1.82) is 0 Å². The quantitative estimate of drug-likeness (QED) is 0.666. The van der Waals surface area contributed by atoms with Crippen LogP contribution in [0, 0.1) is 13.8 Å². The molecule has 0 N–H and O–H groups in total. The van der Waals surface area contributed by atoms with Crippen molar-refractivity contribution in [3.05, 3.63) is 65.4 Å². The average Bonchev–Trinajstić information content (AvgIpc) is 3.00. The van der Waals surface area contributed by atoms with E-state index in [0.717, 1.165) is 16.5 Å². The molecule has 0 amide bonds. The van der Waals surface area contributed by atoms with Gasteiger partial charge in [0.1, 0.15) is 11.4 Å². The number of carbonyl (C=O) groups is 2. The lowest BCUT2D eigenvalue weighted by Crippen LogP contribution is -2.22. The number of esters is 1. The lowest BCUT2D eigenvalue weighted by Gasteiger charge is -2.10. The zero-order valence-electron chi connectivity index (χ0n) is 13.7. The molecule has 2 aromatic carbocycles. The van der Waals surface area contributed by atoms with Gasteiger partial charge in [0.25, 0.3) is 0 Å². The van der Waals surface area contributed by atoms with E-state index in [1.54, 1.807) is 30.3 Å². The van der Waals surface area contributed by atoms with Crippen LogP contribution in [-0.2, 0) is 4.74 Å². The topological polar surface area (TPSA) is 57.5 Å². The molecule has 5 nitrogen and oxygen atoms in total. The molecule has 0 radical (unpaired) electrons. The molecule has 0 saturated carbocycles. The average molecular weight is 323 g/mol. The van der Waals surface area contributed by atoms with E-state index >= 15 is 0 Å². The van der Waals surface area contributed by atoms with Gasteiger partial charge in [-0.1, -0.05) is 30.3 Å². The number of aromatic nitrogens is 1. The second-order valence-electron chi connectivity index (χ2n) is 5.50. The van der Waals surface area contributed by atoms with Gasteiger partial charge >= 0.3 is 12.1 Å². The van der Waals surface area contributed by atoms with Gasteiger partial charge in [0, 0.05) is 5.39 Å². The molecule has 24 heavy (non-hydrogen) atoms. The highest BCUT2D eigenvalue weighted by molar-refractivity contribution is 6.03. The minimum Gasteiger partial charge on any atom is -0.464 e. The molecular weight excluding hydrogens is 306 g/mol. The van der Waals surface area contributed by atoms with Gasteiger partial charge in [-0.05, 0) is 43.2 Å². The number of methoxy groups -OCH3 is 1. The van der Waals surface area contributed by atoms with Crippen molar-refractivity contribution in [2.75, 3.05) is 7.11 Å². The third kappa shape index (κ3) is 2.65. The van der Waals surface area contributed by atoms with E-state index in [4.69, 9.17) is 9.47 Å². The Bertz CT molecular complexity index is 925. The molecule has 5 heteroatoms. The Morgan fingerprint density at radius 1 is 0.958 bits per heavy atom. The number of rotatable bonds is 2. The Hall–Kier alpha value is -3.08. The van der Waals surface area contributed by atoms with E-state index in [0.29, 0.717) is 11.3 Å². The molecule has 122 valence electrons. The molecule has 3 aromatic rings. The van der Waals surface area contributed by atoms with Crippen molar-refractivity contribution in [2.45, 2.75) is 13.8 Å². The molecule has 0 saturated heterocycles. The van der Waals surface area contributed by atoms with E-state index in [-0.39, 0.29) is 5.69 Å². The summed E-state index contributed by atoms with van der Waals surface area (Å²) < 4.78 is 11.5. The third-order valence-electron chi connectivity index (χ3n) is 3.91. The first-order chi connectivity index (χ1) is 11.5. The van der Waals surface area contributed by atoms with Crippen LogP contribution >= 0.6 is 0 Å². The highest BCUT2D eigenvalue weighted by Crippen LogP contribution is 2.27. The number of hydrogen-bond acceptors (Lipinski definition) is 4. The molecule has 3 rings (SSSR count). The van der Waals surface area contributed by atoms with Crippen LogP contribution in [0.25, 0.3) is 10.9 Å². The maximum atomic E-state index is 12.7. The Kier molecular flexibility index (Phi) is 4.08. The van der Waals surface area contributed by atoms with Gasteiger partial charge in [0.05, 0.1) is 12.6 Å². The molecule has 1 aromatic heterocycles. The van der Waals surface area contributed by atoms with Crippen LogP contribution < -0.4 is 4.74 Å². The number of para-hydroxylation sites is 1. The standard InChI is InChI=1S/C19H17NO4/c1-12-9-10-13(2)17-15(12)11-16(18(21)23-3)20(17)19(22)24-14-7-5-4-6-8-14/h4-11H,1-3H3. The Balaban J connectivity index is 2.19. The maximum Gasteiger partial charge on any atom is 0.424 e. The largest absolute Gasteiger partial charge is 0.464 e. The zero-order chi connectivity index (χ0) is 17.3. The number of benzene rings is 2. The summed E-state index contributed by atoms with van der Waals surface area (Å²) in [6, 6.07) is 14.3. The van der Waals surface area contributed by atoms with Crippen molar-refractivity contribution in [3.63, 3.8) is 0 Å². The summed E-state index contributed by atoms with van der Waals surface area (Å²) in [6.45, 7) is 3.81. The van der Waals surface area contributed by atoms with E-state index in [2.05, 4.69) is 0 Å². The second-order valence-corrected chi connectivity index (χ2v) is 5.50. The van der Waals surface area contributed by atoms with Gasteiger partial charge in [0.2, 0.25) is 0 Å². The monoisotopic (exact) mass is 323 g/mol. The smallest absolute Gasteiger partial charge is 0.424 e. The molecule has 0 spiro atoms. The molecule has 1 heterocycles. The summed E-state index contributed by atoms with van der Waals surface area (Å²) in [5.41, 5.74) is 2.63. The number of ether oxygens (including phenoxy) is 2. The first kappa shape index (κ1) is 15.8.